The number of aliphatic hydroxyl groups is 1. The summed E-state index contributed by atoms with van der Waals surface area (Å²) in [7, 11) is 0. The first kappa shape index (κ1) is 19.8. The number of rotatable bonds is 7. The molecular weight excluding hydrogens is 348 g/mol. The summed E-state index contributed by atoms with van der Waals surface area (Å²) in [5.41, 5.74) is 5.21. The van der Waals surface area contributed by atoms with Crippen molar-refractivity contribution in [3.05, 3.63) is 65.7 Å². The van der Waals surface area contributed by atoms with E-state index in [1.54, 1.807) is 0 Å². The van der Waals surface area contributed by atoms with Crippen molar-refractivity contribution < 1.29 is 5.11 Å². The molecule has 146 valence electrons. The Morgan fingerprint density at radius 3 is 2.21 bits per heavy atom. The van der Waals surface area contributed by atoms with E-state index in [2.05, 4.69) is 60.4 Å². The third kappa shape index (κ3) is 4.67. The van der Waals surface area contributed by atoms with Gasteiger partial charge in [-0.1, -0.05) is 62.4 Å². The quantitative estimate of drug-likeness (QED) is 0.545. The Kier molecular flexibility index (Phi) is 6.26. The smallest absolute Gasteiger partial charge is 0.225 e. The molecule has 0 aliphatic rings. The minimum atomic E-state index is -0.112. The van der Waals surface area contributed by atoms with Crippen LogP contribution in [0.25, 0.3) is 11.3 Å². The zero-order valence-electron chi connectivity index (χ0n) is 16.9. The molecule has 0 fully saturated rings. The zero-order valence-corrected chi connectivity index (χ0v) is 16.9. The molecule has 0 saturated carbocycles. The summed E-state index contributed by atoms with van der Waals surface area (Å²) in [6, 6.07) is 18.1. The molecule has 0 radical (unpaired) electrons. The molecule has 1 heterocycles. The predicted octanol–water partition coefficient (Wildman–Crippen LogP) is 4.93. The van der Waals surface area contributed by atoms with Gasteiger partial charge in [-0.25, -0.2) is 4.98 Å². The number of aromatic nitrogens is 2. The van der Waals surface area contributed by atoms with Gasteiger partial charge < -0.3 is 15.7 Å². The van der Waals surface area contributed by atoms with Crippen LogP contribution < -0.4 is 10.6 Å². The number of anilines is 3. The first-order valence-corrected chi connectivity index (χ1v) is 9.63. The van der Waals surface area contributed by atoms with Crippen LogP contribution in [0, 0.1) is 19.8 Å². The lowest BCUT2D eigenvalue weighted by Crippen LogP contribution is -2.30. The monoisotopic (exact) mass is 376 g/mol. The summed E-state index contributed by atoms with van der Waals surface area (Å²) >= 11 is 0. The zero-order chi connectivity index (χ0) is 20.1. The average molecular weight is 377 g/mol. The number of aliphatic hydroxyl groups excluding tert-OH is 1. The molecule has 1 aromatic heterocycles. The van der Waals surface area contributed by atoms with Gasteiger partial charge in [0.25, 0.3) is 0 Å². The molecule has 0 saturated heterocycles. The fourth-order valence-corrected chi connectivity index (χ4v) is 3.06. The summed E-state index contributed by atoms with van der Waals surface area (Å²) in [5, 5.41) is 16.4. The van der Waals surface area contributed by atoms with Crippen molar-refractivity contribution in [2.75, 3.05) is 17.2 Å². The molecule has 0 aliphatic heterocycles. The van der Waals surface area contributed by atoms with Crippen LogP contribution in [0.5, 0.6) is 0 Å². The van der Waals surface area contributed by atoms with E-state index in [1.807, 2.05) is 42.5 Å². The molecule has 28 heavy (non-hydrogen) atoms. The van der Waals surface area contributed by atoms with Gasteiger partial charge in [0.1, 0.15) is 5.82 Å². The van der Waals surface area contributed by atoms with Crippen LogP contribution in [0.3, 0.4) is 0 Å². The highest BCUT2D eigenvalue weighted by atomic mass is 16.3. The highest BCUT2D eigenvalue weighted by Gasteiger charge is 2.15. The maximum absolute atomic E-state index is 9.69. The van der Waals surface area contributed by atoms with Gasteiger partial charge in [-0.15, -0.1) is 0 Å². The summed E-state index contributed by atoms with van der Waals surface area (Å²) < 4.78 is 0. The van der Waals surface area contributed by atoms with Gasteiger partial charge in [0.15, 0.2) is 0 Å². The summed E-state index contributed by atoms with van der Waals surface area (Å²) in [4.78, 5) is 9.35. The van der Waals surface area contributed by atoms with E-state index >= 15 is 0 Å². The molecule has 2 aromatic carbocycles. The number of benzene rings is 2. The van der Waals surface area contributed by atoms with Gasteiger partial charge in [0, 0.05) is 17.3 Å². The van der Waals surface area contributed by atoms with Gasteiger partial charge in [0.2, 0.25) is 5.95 Å². The lowest BCUT2D eigenvalue weighted by molar-refractivity contribution is 0.248. The fraction of sp³-hybridized carbons (Fsp3) is 0.304. The van der Waals surface area contributed by atoms with Crippen LogP contribution in [0.2, 0.25) is 0 Å². The largest absolute Gasteiger partial charge is 0.394 e. The van der Waals surface area contributed by atoms with Crippen molar-refractivity contribution in [2.24, 2.45) is 5.92 Å². The van der Waals surface area contributed by atoms with E-state index in [1.165, 1.54) is 0 Å². The van der Waals surface area contributed by atoms with Gasteiger partial charge in [-0.3, -0.25) is 0 Å². The van der Waals surface area contributed by atoms with Gasteiger partial charge in [0.05, 0.1) is 18.3 Å². The molecule has 0 amide bonds. The van der Waals surface area contributed by atoms with E-state index in [9.17, 15) is 5.11 Å². The van der Waals surface area contributed by atoms with Crippen molar-refractivity contribution in [2.45, 2.75) is 33.7 Å². The lowest BCUT2D eigenvalue weighted by Gasteiger charge is -2.21. The van der Waals surface area contributed by atoms with Crippen molar-refractivity contribution in [1.29, 1.82) is 0 Å². The molecular formula is C23H28N4O. The van der Waals surface area contributed by atoms with Crippen molar-refractivity contribution in [3.63, 3.8) is 0 Å². The summed E-state index contributed by atoms with van der Waals surface area (Å²) in [6.07, 6.45) is 0. The van der Waals surface area contributed by atoms with Crippen LogP contribution in [0.15, 0.2) is 54.6 Å². The number of aryl methyl sites for hydroxylation is 2. The summed E-state index contributed by atoms with van der Waals surface area (Å²) in [6.45, 7) is 8.30. The number of para-hydroxylation sites is 1. The molecule has 5 nitrogen and oxygen atoms in total. The average Bonchev–Trinajstić information content (AvgIpc) is 2.69. The Bertz CT molecular complexity index is 905. The minimum Gasteiger partial charge on any atom is -0.394 e. The molecule has 0 unspecified atom stereocenters. The molecule has 1 atom stereocenters. The molecule has 0 bridgehead atoms. The van der Waals surface area contributed by atoms with Crippen LogP contribution in [-0.4, -0.2) is 27.7 Å². The lowest BCUT2D eigenvalue weighted by atomic mass is 10.1. The third-order valence-corrected chi connectivity index (χ3v) is 4.85. The molecule has 3 rings (SSSR count). The SMILES string of the molecule is Cc1cccc(C)c1Nc1cc(-c2ccccc2)nc(N[C@@H](CO)C(C)C)n1. The third-order valence-electron chi connectivity index (χ3n) is 4.85. The Labute approximate surface area is 166 Å². The predicted molar refractivity (Wildman–Crippen MR) is 116 cm³/mol. The van der Waals surface area contributed by atoms with E-state index in [4.69, 9.17) is 0 Å². The fourth-order valence-electron chi connectivity index (χ4n) is 3.06. The van der Waals surface area contributed by atoms with Crippen LogP contribution in [-0.2, 0) is 0 Å². The second-order valence-electron chi connectivity index (χ2n) is 7.40. The van der Waals surface area contributed by atoms with Gasteiger partial charge in [-0.05, 0) is 30.9 Å². The number of hydrogen-bond acceptors (Lipinski definition) is 5. The van der Waals surface area contributed by atoms with Crippen molar-refractivity contribution in [1.82, 2.24) is 9.97 Å². The molecule has 5 heteroatoms. The van der Waals surface area contributed by atoms with E-state index in [-0.39, 0.29) is 18.6 Å². The van der Waals surface area contributed by atoms with E-state index < -0.39 is 0 Å². The summed E-state index contributed by atoms with van der Waals surface area (Å²) in [5.74, 6) is 1.47. The Hall–Kier alpha value is -2.92. The first-order valence-electron chi connectivity index (χ1n) is 9.63. The second kappa shape index (κ2) is 8.85. The molecule has 0 aliphatic carbocycles. The van der Waals surface area contributed by atoms with Crippen molar-refractivity contribution in [3.8, 4) is 11.3 Å². The molecule has 0 spiro atoms. The van der Waals surface area contributed by atoms with E-state index in [0.29, 0.717) is 11.8 Å². The van der Waals surface area contributed by atoms with Gasteiger partial charge >= 0.3 is 0 Å². The number of nitrogens with zero attached hydrogens (tertiary/aromatic N) is 2. The Balaban J connectivity index is 2.02. The van der Waals surface area contributed by atoms with Crippen LogP contribution in [0.1, 0.15) is 25.0 Å². The standard InChI is InChI=1S/C23H28N4O/c1-15(2)20(14-28)25-23-24-19(18-11-6-5-7-12-18)13-21(27-23)26-22-16(3)9-8-10-17(22)4/h5-13,15,20,28H,14H2,1-4H3,(H2,24,25,26,27)/t20-/m0/s1. The topological polar surface area (TPSA) is 70.1 Å². The Morgan fingerprint density at radius 1 is 0.929 bits per heavy atom. The second-order valence-corrected chi connectivity index (χ2v) is 7.40. The molecule has 3 N–H and O–H groups in total. The normalized spacial score (nSPS) is 12.1. The number of hydrogen-bond donors (Lipinski definition) is 3. The maximum Gasteiger partial charge on any atom is 0.225 e. The van der Waals surface area contributed by atoms with Gasteiger partial charge in [-0.2, -0.15) is 4.98 Å². The maximum atomic E-state index is 9.69. The Morgan fingerprint density at radius 2 is 1.61 bits per heavy atom. The highest BCUT2D eigenvalue weighted by molar-refractivity contribution is 5.70. The first-order chi connectivity index (χ1) is 13.5. The van der Waals surface area contributed by atoms with Crippen molar-refractivity contribution >= 4 is 17.5 Å². The minimum absolute atomic E-state index is 0.0241. The van der Waals surface area contributed by atoms with Crippen LogP contribution in [0.4, 0.5) is 17.5 Å². The highest BCUT2D eigenvalue weighted by Crippen LogP contribution is 2.27. The molecule has 3 aromatic rings. The number of nitrogens with one attached hydrogen (secondary N) is 2. The van der Waals surface area contributed by atoms with Crippen LogP contribution >= 0.6 is 0 Å². The van der Waals surface area contributed by atoms with E-state index in [0.717, 1.165) is 28.1 Å².